The average Bonchev–Trinajstić information content (AvgIpc) is 2.84. The zero-order chi connectivity index (χ0) is 24.2. The summed E-state index contributed by atoms with van der Waals surface area (Å²) in [5.41, 5.74) is 1.98. The quantitative estimate of drug-likeness (QED) is 0.659. The van der Waals surface area contributed by atoms with Crippen molar-refractivity contribution in [3.05, 3.63) is 40.7 Å². The van der Waals surface area contributed by atoms with Crippen LogP contribution in [-0.2, 0) is 17.8 Å². The Labute approximate surface area is 196 Å². The van der Waals surface area contributed by atoms with E-state index in [1.165, 1.54) is 24.3 Å². The summed E-state index contributed by atoms with van der Waals surface area (Å²) in [6, 6.07) is 4.87. The molecule has 11 nitrogen and oxygen atoms in total. The first-order valence-electron chi connectivity index (χ1n) is 10.9. The van der Waals surface area contributed by atoms with Crippen LogP contribution in [0.2, 0.25) is 0 Å². The van der Waals surface area contributed by atoms with Gasteiger partial charge in [-0.15, -0.1) is 0 Å². The van der Waals surface area contributed by atoms with Gasteiger partial charge >= 0.3 is 6.03 Å². The third-order valence-electron chi connectivity index (χ3n) is 5.94. The van der Waals surface area contributed by atoms with Crippen LogP contribution in [0.25, 0.3) is 0 Å². The molecule has 0 aromatic carbocycles. The molecular weight excluding hydrogens is 438 g/mol. The van der Waals surface area contributed by atoms with Crippen LogP contribution in [0, 0.1) is 11.3 Å². The van der Waals surface area contributed by atoms with Gasteiger partial charge in [-0.2, -0.15) is 5.26 Å². The van der Waals surface area contributed by atoms with Crippen LogP contribution >= 0.6 is 0 Å². The number of carbonyl (C=O) groups excluding carboxylic acids is 3. The van der Waals surface area contributed by atoms with Crippen molar-refractivity contribution in [1.82, 2.24) is 19.8 Å². The molecule has 2 aliphatic heterocycles. The standard InChI is InChI=1S/C23H25N7O4/c1-28-6-7-29(21(32)13-28)12-16-8-15-4-3-5-30(22(15)26-18(16)14-31)23(33)27-20-9-19(34-2)17(10-24)11-25-20/h8-9,11,14H,3-7,12-13H2,1-2H3,(H,25,27,33). The van der Waals surface area contributed by atoms with Crippen LogP contribution in [-0.4, -0.2) is 78.3 Å². The Hall–Kier alpha value is -4.04. The number of aldehydes is 1. The smallest absolute Gasteiger partial charge is 0.328 e. The number of ether oxygens (including phenoxy) is 1. The van der Waals surface area contributed by atoms with Gasteiger partial charge in [0.25, 0.3) is 0 Å². The summed E-state index contributed by atoms with van der Waals surface area (Å²) >= 11 is 0. The Morgan fingerprint density at radius 2 is 2.15 bits per heavy atom. The highest BCUT2D eigenvalue weighted by atomic mass is 16.5. The largest absolute Gasteiger partial charge is 0.495 e. The molecule has 1 fully saturated rings. The van der Waals surface area contributed by atoms with Crippen molar-refractivity contribution in [2.75, 3.05) is 50.6 Å². The minimum atomic E-state index is -0.452. The third-order valence-corrected chi connectivity index (χ3v) is 5.94. The number of fused-ring (bicyclic) bond motifs is 1. The van der Waals surface area contributed by atoms with Crippen molar-refractivity contribution in [3.63, 3.8) is 0 Å². The van der Waals surface area contributed by atoms with Crippen LogP contribution in [0.15, 0.2) is 18.3 Å². The van der Waals surface area contributed by atoms with Crippen LogP contribution in [0.1, 0.15) is 33.6 Å². The fourth-order valence-corrected chi connectivity index (χ4v) is 4.12. The second-order valence-corrected chi connectivity index (χ2v) is 8.25. The molecule has 11 heteroatoms. The van der Waals surface area contributed by atoms with E-state index < -0.39 is 6.03 Å². The lowest BCUT2D eigenvalue weighted by molar-refractivity contribution is -0.136. The van der Waals surface area contributed by atoms with E-state index >= 15 is 0 Å². The van der Waals surface area contributed by atoms with E-state index in [1.54, 1.807) is 4.90 Å². The number of nitrogens with one attached hydrogen (secondary N) is 1. The molecule has 2 aliphatic rings. The van der Waals surface area contributed by atoms with Gasteiger partial charge in [0.2, 0.25) is 5.91 Å². The van der Waals surface area contributed by atoms with Gasteiger partial charge in [-0.1, -0.05) is 0 Å². The van der Waals surface area contributed by atoms with E-state index in [2.05, 4.69) is 15.3 Å². The predicted molar refractivity (Wildman–Crippen MR) is 123 cm³/mol. The number of hydrogen-bond acceptors (Lipinski definition) is 8. The van der Waals surface area contributed by atoms with Crippen molar-refractivity contribution < 1.29 is 19.1 Å². The molecule has 0 saturated carbocycles. The van der Waals surface area contributed by atoms with Gasteiger partial charge in [0.15, 0.2) is 6.29 Å². The summed E-state index contributed by atoms with van der Waals surface area (Å²) in [6.07, 6.45) is 3.42. The molecule has 34 heavy (non-hydrogen) atoms. The molecule has 0 bridgehead atoms. The van der Waals surface area contributed by atoms with E-state index in [9.17, 15) is 14.4 Å². The number of pyridine rings is 2. The lowest BCUT2D eigenvalue weighted by atomic mass is 10.0. The van der Waals surface area contributed by atoms with Gasteiger partial charge in [-0.3, -0.25) is 24.7 Å². The molecule has 0 spiro atoms. The fourth-order valence-electron chi connectivity index (χ4n) is 4.12. The Morgan fingerprint density at radius 1 is 1.32 bits per heavy atom. The number of rotatable bonds is 5. The second kappa shape index (κ2) is 9.84. The molecule has 4 heterocycles. The maximum absolute atomic E-state index is 13.0. The zero-order valence-electron chi connectivity index (χ0n) is 19.1. The molecule has 176 valence electrons. The van der Waals surface area contributed by atoms with Crippen molar-refractivity contribution in [3.8, 4) is 11.8 Å². The minimum absolute atomic E-state index is 0.00895. The van der Waals surface area contributed by atoms with Crippen molar-refractivity contribution >= 4 is 29.9 Å². The number of nitrogens with zero attached hydrogens (tertiary/aromatic N) is 6. The monoisotopic (exact) mass is 463 g/mol. The number of aryl methyl sites for hydroxylation is 1. The van der Waals surface area contributed by atoms with Gasteiger partial charge in [-0.05, 0) is 31.5 Å². The summed E-state index contributed by atoms with van der Waals surface area (Å²) in [5.74, 6) is 0.958. The Bertz CT molecular complexity index is 1180. The normalized spacial score (nSPS) is 16.0. The lowest BCUT2D eigenvalue weighted by Crippen LogP contribution is -2.48. The summed E-state index contributed by atoms with van der Waals surface area (Å²) in [7, 11) is 3.33. The highest BCUT2D eigenvalue weighted by Gasteiger charge is 2.28. The molecule has 2 aromatic heterocycles. The third kappa shape index (κ3) is 4.67. The number of urea groups is 1. The van der Waals surface area contributed by atoms with Crippen LogP contribution in [0.5, 0.6) is 5.75 Å². The lowest BCUT2D eigenvalue weighted by Gasteiger charge is -2.33. The highest BCUT2D eigenvalue weighted by molar-refractivity contribution is 6.01. The first-order chi connectivity index (χ1) is 16.4. The summed E-state index contributed by atoms with van der Waals surface area (Å²) in [5, 5.41) is 11.8. The van der Waals surface area contributed by atoms with E-state index in [-0.39, 0.29) is 23.0 Å². The van der Waals surface area contributed by atoms with E-state index in [0.717, 1.165) is 18.5 Å². The predicted octanol–water partition coefficient (Wildman–Crippen LogP) is 1.43. The van der Waals surface area contributed by atoms with E-state index in [4.69, 9.17) is 10.00 Å². The number of aromatic nitrogens is 2. The molecule has 4 rings (SSSR count). The van der Waals surface area contributed by atoms with Gasteiger partial charge < -0.3 is 9.64 Å². The number of piperazine rings is 1. The number of nitriles is 1. The summed E-state index contributed by atoms with van der Waals surface area (Å²) < 4.78 is 5.17. The Kier molecular flexibility index (Phi) is 6.70. The molecule has 1 saturated heterocycles. The van der Waals surface area contributed by atoms with Gasteiger partial charge in [-0.25, -0.2) is 14.8 Å². The van der Waals surface area contributed by atoms with Gasteiger partial charge in [0.1, 0.15) is 34.7 Å². The number of hydrogen-bond donors (Lipinski definition) is 1. The number of anilines is 2. The maximum Gasteiger partial charge on any atom is 0.328 e. The number of methoxy groups -OCH3 is 1. The number of amides is 3. The SMILES string of the molecule is COc1cc(NC(=O)N2CCCc3cc(CN4CCN(C)CC4=O)c(C=O)nc32)ncc1C#N. The average molecular weight is 463 g/mol. The van der Waals surface area contributed by atoms with Gasteiger partial charge in [0, 0.05) is 37.8 Å². The maximum atomic E-state index is 13.0. The minimum Gasteiger partial charge on any atom is -0.495 e. The number of carbonyl (C=O) groups is 3. The fraction of sp³-hybridized carbons (Fsp3) is 0.391. The van der Waals surface area contributed by atoms with E-state index in [0.29, 0.717) is 56.0 Å². The molecule has 0 atom stereocenters. The zero-order valence-corrected chi connectivity index (χ0v) is 19.1. The molecule has 2 aromatic rings. The van der Waals surface area contributed by atoms with Crippen molar-refractivity contribution in [2.45, 2.75) is 19.4 Å². The van der Waals surface area contributed by atoms with Crippen LogP contribution < -0.4 is 15.0 Å². The first kappa shape index (κ1) is 23.1. The van der Waals surface area contributed by atoms with Crippen LogP contribution in [0.3, 0.4) is 0 Å². The highest BCUT2D eigenvalue weighted by Crippen LogP contribution is 2.29. The first-order valence-corrected chi connectivity index (χ1v) is 10.9. The topological polar surface area (TPSA) is 132 Å². The van der Waals surface area contributed by atoms with Crippen LogP contribution in [0.4, 0.5) is 16.4 Å². The summed E-state index contributed by atoms with van der Waals surface area (Å²) in [6.45, 7) is 2.43. The second-order valence-electron chi connectivity index (χ2n) is 8.25. The summed E-state index contributed by atoms with van der Waals surface area (Å²) in [4.78, 5) is 51.0. The molecule has 0 unspecified atom stereocenters. The Balaban J connectivity index is 1.57. The van der Waals surface area contributed by atoms with Crippen molar-refractivity contribution in [2.24, 2.45) is 0 Å². The molecule has 1 N–H and O–H groups in total. The van der Waals surface area contributed by atoms with E-state index in [1.807, 2.05) is 24.1 Å². The molecule has 3 amide bonds. The molecular formula is C23H25N7O4. The van der Waals surface area contributed by atoms with Gasteiger partial charge in [0.05, 0.1) is 19.9 Å². The molecule has 0 aliphatic carbocycles. The molecule has 0 radical (unpaired) electrons. The van der Waals surface area contributed by atoms with Crippen molar-refractivity contribution in [1.29, 1.82) is 5.26 Å². The Morgan fingerprint density at radius 3 is 2.85 bits per heavy atom. The number of likely N-dealkylation sites (N-methyl/N-ethyl adjacent to an activating group) is 1.